The topological polar surface area (TPSA) is 53.1 Å². The van der Waals surface area contributed by atoms with Gasteiger partial charge in [-0.15, -0.1) is 0 Å². The summed E-state index contributed by atoms with van der Waals surface area (Å²) in [6.45, 7) is 2.02. The number of halogens is 2. The third-order valence-corrected chi connectivity index (χ3v) is 3.45. The van der Waals surface area contributed by atoms with E-state index in [0.717, 1.165) is 12.0 Å². The fraction of sp³-hybridized carbons (Fsp3) is 0.357. The molecule has 4 nitrogen and oxygen atoms in total. The van der Waals surface area contributed by atoms with Crippen LogP contribution in [0.3, 0.4) is 0 Å². The molecule has 0 aliphatic rings. The van der Waals surface area contributed by atoms with Crippen LogP contribution in [0.4, 0.5) is 0 Å². The molecule has 1 heterocycles. The lowest BCUT2D eigenvalue weighted by atomic mass is 10.0. The Hall–Kier alpha value is -1.23. The van der Waals surface area contributed by atoms with Crippen LogP contribution in [0.25, 0.3) is 0 Å². The van der Waals surface area contributed by atoms with E-state index in [1.54, 1.807) is 29.1 Å². The van der Waals surface area contributed by atoms with Crippen LogP contribution in [-0.2, 0) is 7.05 Å². The van der Waals surface area contributed by atoms with Gasteiger partial charge in [-0.05, 0) is 24.6 Å². The minimum Gasteiger partial charge on any atom is -0.484 e. The molecular formula is C14H17Cl2N3O. The molecular weight excluding hydrogens is 297 g/mol. The molecule has 0 aliphatic heterocycles. The first-order chi connectivity index (χ1) is 9.49. The van der Waals surface area contributed by atoms with Gasteiger partial charge < -0.3 is 10.5 Å². The van der Waals surface area contributed by atoms with Gasteiger partial charge in [0, 0.05) is 34.9 Å². The van der Waals surface area contributed by atoms with Gasteiger partial charge in [-0.25, -0.2) is 0 Å². The molecule has 2 N–H and O–H groups in total. The number of aromatic nitrogens is 2. The third-order valence-electron chi connectivity index (χ3n) is 3.01. The Morgan fingerprint density at radius 1 is 1.30 bits per heavy atom. The molecule has 2 atom stereocenters. The van der Waals surface area contributed by atoms with Gasteiger partial charge in [0.05, 0.1) is 6.20 Å². The summed E-state index contributed by atoms with van der Waals surface area (Å²) in [6, 6.07) is 4.96. The number of hydrogen-bond acceptors (Lipinski definition) is 3. The van der Waals surface area contributed by atoms with Crippen LogP contribution in [0, 0.1) is 0 Å². The molecule has 0 radical (unpaired) electrons. The fourth-order valence-electron chi connectivity index (χ4n) is 1.95. The number of aryl methyl sites for hydroxylation is 1. The molecule has 2 unspecified atom stereocenters. The van der Waals surface area contributed by atoms with Crippen molar-refractivity contribution in [3.8, 4) is 5.75 Å². The molecule has 20 heavy (non-hydrogen) atoms. The summed E-state index contributed by atoms with van der Waals surface area (Å²) in [7, 11) is 1.86. The van der Waals surface area contributed by atoms with Gasteiger partial charge in [-0.2, -0.15) is 5.10 Å². The Morgan fingerprint density at radius 3 is 2.45 bits per heavy atom. The van der Waals surface area contributed by atoms with Crippen molar-refractivity contribution in [1.29, 1.82) is 0 Å². The number of nitrogens with two attached hydrogens (primary N) is 1. The third kappa shape index (κ3) is 3.66. The van der Waals surface area contributed by atoms with Crippen molar-refractivity contribution in [3.05, 3.63) is 46.2 Å². The minimum absolute atomic E-state index is 0.142. The molecule has 0 fully saturated rings. The number of hydrogen-bond donors (Lipinski definition) is 1. The van der Waals surface area contributed by atoms with Crippen molar-refractivity contribution < 1.29 is 4.74 Å². The standard InChI is InChI=1S/C14H17Cl2N3O/c1-3-13(17)14(9-7-18-19(2)8-9)20-12-5-10(15)4-11(16)6-12/h4-8,13-14H,3,17H2,1-2H3. The lowest BCUT2D eigenvalue weighted by Crippen LogP contribution is -2.31. The second kappa shape index (κ2) is 6.48. The Balaban J connectivity index is 2.28. The smallest absolute Gasteiger partial charge is 0.142 e. The number of benzene rings is 1. The van der Waals surface area contributed by atoms with E-state index >= 15 is 0 Å². The average molecular weight is 314 g/mol. The van der Waals surface area contributed by atoms with E-state index in [1.807, 2.05) is 20.2 Å². The fourth-order valence-corrected chi connectivity index (χ4v) is 2.45. The van der Waals surface area contributed by atoms with Crippen LogP contribution in [-0.4, -0.2) is 15.8 Å². The second-order valence-electron chi connectivity index (χ2n) is 4.66. The number of rotatable bonds is 5. The Morgan fingerprint density at radius 2 is 1.95 bits per heavy atom. The highest BCUT2D eigenvalue weighted by atomic mass is 35.5. The van der Waals surface area contributed by atoms with E-state index in [2.05, 4.69) is 5.10 Å². The van der Waals surface area contributed by atoms with E-state index < -0.39 is 0 Å². The van der Waals surface area contributed by atoms with Crippen molar-refractivity contribution >= 4 is 23.2 Å². The predicted molar refractivity (Wildman–Crippen MR) is 81.3 cm³/mol. The van der Waals surface area contributed by atoms with Crippen LogP contribution in [0.15, 0.2) is 30.6 Å². The highest BCUT2D eigenvalue weighted by Crippen LogP contribution is 2.29. The molecule has 2 rings (SSSR count). The minimum atomic E-state index is -0.289. The van der Waals surface area contributed by atoms with E-state index in [0.29, 0.717) is 15.8 Å². The van der Waals surface area contributed by atoms with Crippen LogP contribution < -0.4 is 10.5 Å². The maximum atomic E-state index is 6.15. The Kier molecular flexibility index (Phi) is 4.91. The van der Waals surface area contributed by atoms with Crippen molar-refractivity contribution in [1.82, 2.24) is 9.78 Å². The van der Waals surface area contributed by atoms with Crippen molar-refractivity contribution in [2.45, 2.75) is 25.5 Å². The van der Waals surface area contributed by atoms with Crippen molar-refractivity contribution in [2.75, 3.05) is 0 Å². The van der Waals surface area contributed by atoms with Gasteiger partial charge in [0.2, 0.25) is 0 Å². The van der Waals surface area contributed by atoms with E-state index in [1.165, 1.54) is 0 Å². The molecule has 1 aromatic heterocycles. The zero-order valence-corrected chi connectivity index (χ0v) is 12.9. The summed E-state index contributed by atoms with van der Waals surface area (Å²) in [6.07, 6.45) is 4.15. The van der Waals surface area contributed by atoms with Gasteiger partial charge in [-0.3, -0.25) is 4.68 Å². The Bertz CT molecular complexity index is 565. The molecule has 0 amide bonds. The molecule has 108 valence electrons. The van der Waals surface area contributed by atoms with Crippen molar-refractivity contribution in [2.24, 2.45) is 12.8 Å². The molecule has 0 saturated heterocycles. The molecule has 2 aromatic rings. The molecule has 1 aromatic carbocycles. The maximum absolute atomic E-state index is 6.15. The first kappa shape index (κ1) is 15.2. The molecule has 0 saturated carbocycles. The zero-order chi connectivity index (χ0) is 14.7. The van der Waals surface area contributed by atoms with Crippen LogP contribution >= 0.6 is 23.2 Å². The van der Waals surface area contributed by atoms with Gasteiger partial charge in [0.1, 0.15) is 11.9 Å². The largest absolute Gasteiger partial charge is 0.484 e. The van der Waals surface area contributed by atoms with Gasteiger partial charge >= 0.3 is 0 Å². The quantitative estimate of drug-likeness (QED) is 0.917. The zero-order valence-electron chi connectivity index (χ0n) is 11.4. The molecule has 0 aliphatic carbocycles. The first-order valence-electron chi connectivity index (χ1n) is 6.36. The van der Waals surface area contributed by atoms with Crippen LogP contribution in [0.2, 0.25) is 10.0 Å². The lowest BCUT2D eigenvalue weighted by molar-refractivity contribution is 0.171. The molecule has 6 heteroatoms. The van der Waals surface area contributed by atoms with E-state index in [9.17, 15) is 0 Å². The summed E-state index contributed by atoms with van der Waals surface area (Å²) in [4.78, 5) is 0. The highest BCUT2D eigenvalue weighted by molar-refractivity contribution is 6.34. The van der Waals surface area contributed by atoms with Gasteiger partial charge in [0.15, 0.2) is 0 Å². The maximum Gasteiger partial charge on any atom is 0.142 e. The van der Waals surface area contributed by atoms with Crippen LogP contribution in [0.1, 0.15) is 25.0 Å². The van der Waals surface area contributed by atoms with Gasteiger partial charge in [-0.1, -0.05) is 30.1 Å². The predicted octanol–water partition coefficient (Wildman–Crippen LogP) is 3.58. The van der Waals surface area contributed by atoms with Gasteiger partial charge in [0.25, 0.3) is 0 Å². The van der Waals surface area contributed by atoms with Crippen LogP contribution in [0.5, 0.6) is 5.75 Å². The normalized spacial score (nSPS) is 14.1. The highest BCUT2D eigenvalue weighted by Gasteiger charge is 2.22. The summed E-state index contributed by atoms with van der Waals surface area (Å²) in [5.74, 6) is 0.597. The monoisotopic (exact) mass is 313 g/mol. The van der Waals surface area contributed by atoms with Crippen molar-refractivity contribution in [3.63, 3.8) is 0 Å². The van der Waals surface area contributed by atoms with E-state index in [-0.39, 0.29) is 12.1 Å². The SMILES string of the molecule is CCC(N)C(Oc1cc(Cl)cc(Cl)c1)c1cnn(C)c1. The summed E-state index contributed by atoms with van der Waals surface area (Å²) in [5, 5.41) is 5.22. The number of nitrogens with zero attached hydrogens (tertiary/aromatic N) is 2. The summed E-state index contributed by atoms with van der Waals surface area (Å²) < 4.78 is 7.70. The summed E-state index contributed by atoms with van der Waals surface area (Å²) in [5.41, 5.74) is 7.08. The molecule has 0 spiro atoms. The van der Waals surface area contributed by atoms with E-state index in [4.69, 9.17) is 33.7 Å². The Labute approximate surface area is 128 Å². The lowest BCUT2D eigenvalue weighted by Gasteiger charge is -2.23. The average Bonchev–Trinajstić information content (AvgIpc) is 2.80. The second-order valence-corrected chi connectivity index (χ2v) is 5.54. The molecule has 0 bridgehead atoms. The first-order valence-corrected chi connectivity index (χ1v) is 7.12. The number of ether oxygens (including phenoxy) is 1. The summed E-state index contributed by atoms with van der Waals surface area (Å²) >= 11 is 12.0.